The third kappa shape index (κ3) is 2.91. The normalized spacial score (nSPS) is 15.8. The highest BCUT2D eigenvalue weighted by atomic mass is 127. The number of non-ortho nitro benzene ring substituents is 1. The number of esters is 1. The quantitative estimate of drug-likeness (QED) is 0.255. The molecule has 1 aliphatic rings. The van der Waals surface area contributed by atoms with Gasteiger partial charge in [-0.2, -0.15) is 0 Å². The predicted octanol–water partition coefficient (Wildman–Crippen LogP) is 3.14. The second kappa shape index (κ2) is 5.72. The molecule has 7 nitrogen and oxygen atoms in total. The Morgan fingerprint density at radius 1 is 1.18 bits per heavy atom. The van der Waals surface area contributed by atoms with E-state index in [0.717, 1.165) is 0 Å². The van der Waals surface area contributed by atoms with Crippen LogP contribution >= 0.6 is 22.6 Å². The molecule has 0 unspecified atom stereocenters. The fourth-order valence-electron chi connectivity index (χ4n) is 1.80. The first-order chi connectivity index (χ1) is 10.5. The number of hydrogen-bond acceptors (Lipinski definition) is 6. The predicted molar refractivity (Wildman–Crippen MR) is 85.1 cm³/mol. The van der Waals surface area contributed by atoms with Crippen molar-refractivity contribution in [3.8, 4) is 0 Å². The maximum absolute atomic E-state index is 11.8. The Morgan fingerprint density at radius 2 is 1.91 bits per heavy atom. The highest BCUT2D eigenvalue weighted by Gasteiger charge is 2.25. The Balaban J connectivity index is 1.89. The summed E-state index contributed by atoms with van der Waals surface area (Å²) in [5, 5.41) is 10.6. The van der Waals surface area contributed by atoms with Crippen molar-refractivity contribution in [1.82, 2.24) is 0 Å². The highest BCUT2D eigenvalue weighted by molar-refractivity contribution is 14.1. The van der Waals surface area contributed by atoms with Crippen molar-refractivity contribution in [3.63, 3.8) is 0 Å². The minimum Gasteiger partial charge on any atom is -0.451 e. The number of ether oxygens (including phenoxy) is 1. The van der Waals surface area contributed by atoms with Crippen molar-refractivity contribution in [2.45, 2.75) is 0 Å². The zero-order valence-corrected chi connectivity index (χ0v) is 13.0. The summed E-state index contributed by atoms with van der Waals surface area (Å²) < 4.78 is 11.1. The number of benzene rings is 1. The van der Waals surface area contributed by atoms with Gasteiger partial charge in [0.05, 0.1) is 4.92 Å². The van der Waals surface area contributed by atoms with Crippen LogP contribution in [0.2, 0.25) is 0 Å². The Morgan fingerprint density at radius 3 is 2.50 bits per heavy atom. The largest absolute Gasteiger partial charge is 0.451 e. The number of carbonyl (C=O) groups is 1. The van der Waals surface area contributed by atoms with Gasteiger partial charge in [-0.25, -0.2) is 9.79 Å². The first-order valence-electron chi connectivity index (χ1n) is 6.05. The Bertz CT molecular complexity index is 820. The molecule has 110 valence electrons. The van der Waals surface area contributed by atoms with Gasteiger partial charge in [0.1, 0.15) is 5.76 Å². The van der Waals surface area contributed by atoms with E-state index in [4.69, 9.17) is 9.15 Å². The number of nitrogens with zero attached hydrogens (tertiary/aromatic N) is 2. The molecule has 0 fully saturated rings. The molecule has 2 aromatic rings. The average molecular weight is 410 g/mol. The molecule has 0 saturated carbocycles. The second-order valence-corrected chi connectivity index (χ2v) is 5.35. The van der Waals surface area contributed by atoms with Crippen molar-refractivity contribution in [1.29, 1.82) is 0 Å². The van der Waals surface area contributed by atoms with Crippen LogP contribution in [0.15, 0.2) is 51.5 Å². The van der Waals surface area contributed by atoms with Gasteiger partial charge >= 0.3 is 5.97 Å². The summed E-state index contributed by atoms with van der Waals surface area (Å²) in [6.07, 6.45) is 1.48. The molecule has 8 heteroatoms. The van der Waals surface area contributed by atoms with Gasteiger partial charge < -0.3 is 9.15 Å². The Hall–Kier alpha value is -2.49. The number of furan rings is 1. The van der Waals surface area contributed by atoms with E-state index in [1.165, 1.54) is 30.3 Å². The lowest BCUT2D eigenvalue weighted by molar-refractivity contribution is -0.384. The van der Waals surface area contributed by atoms with E-state index in [1.807, 2.05) is 22.6 Å². The third-order valence-electron chi connectivity index (χ3n) is 2.82. The molecular weight excluding hydrogens is 403 g/mol. The molecule has 2 heterocycles. The summed E-state index contributed by atoms with van der Waals surface area (Å²) in [6.45, 7) is 0. The standard InChI is InChI=1S/C14H7IN2O5/c15-12-6-5-10(21-12)7-11-14(18)22-13(16-11)8-1-3-9(4-2-8)17(19)20/h1-7H. The van der Waals surface area contributed by atoms with E-state index < -0.39 is 10.9 Å². The Labute approximate surface area is 137 Å². The van der Waals surface area contributed by atoms with Crippen LogP contribution in [0.1, 0.15) is 11.3 Å². The van der Waals surface area contributed by atoms with E-state index in [1.54, 1.807) is 12.1 Å². The molecule has 1 aliphatic heterocycles. The second-order valence-electron chi connectivity index (χ2n) is 4.28. The summed E-state index contributed by atoms with van der Waals surface area (Å²) in [6, 6.07) is 9.06. The van der Waals surface area contributed by atoms with Crippen molar-refractivity contribution in [2.24, 2.45) is 4.99 Å². The molecule has 0 spiro atoms. The minimum atomic E-state index is -0.597. The number of aliphatic imine (C=N–C) groups is 1. The van der Waals surface area contributed by atoms with Crippen LogP contribution in [0, 0.1) is 13.9 Å². The smallest absolute Gasteiger partial charge is 0.363 e. The zero-order valence-electron chi connectivity index (χ0n) is 10.9. The van der Waals surface area contributed by atoms with Crippen molar-refractivity contribution >= 4 is 46.2 Å². The number of cyclic esters (lactones) is 1. The van der Waals surface area contributed by atoms with Crippen LogP contribution < -0.4 is 0 Å². The van der Waals surface area contributed by atoms with Crippen LogP contribution in [0.4, 0.5) is 5.69 Å². The summed E-state index contributed by atoms with van der Waals surface area (Å²) in [4.78, 5) is 26.0. The number of hydrogen-bond donors (Lipinski definition) is 0. The third-order valence-corrected chi connectivity index (χ3v) is 3.40. The molecule has 3 rings (SSSR count). The minimum absolute atomic E-state index is 0.0467. The van der Waals surface area contributed by atoms with E-state index in [9.17, 15) is 14.9 Å². The number of carbonyl (C=O) groups excluding carboxylic acids is 1. The maximum Gasteiger partial charge on any atom is 0.363 e. The molecule has 1 aromatic heterocycles. The summed E-state index contributed by atoms with van der Waals surface area (Å²) >= 11 is 2.01. The molecule has 0 radical (unpaired) electrons. The van der Waals surface area contributed by atoms with Crippen molar-refractivity contribution < 1.29 is 18.9 Å². The molecule has 0 amide bonds. The number of halogens is 1. The van der Waals surface area contributed by atoms with Crippen LogP contribution in [0.5, 0.6) is 0 Å². The average Bonchev–Trinajstić information content (AvgIpc) is 3.06. The molecular formula is C14H7IN2O5. The fourth-order valence-corrected chi connectivity index (χ4v) is 2.23. The van der Waals surface area contributed by atoms with Crippen molar-refractivity contribution in [3.05, 3.63) is 67.3 Å². The topological polar surface area (TPSA) is 94.9 Å². The first kappa shape index (κ1) is 14.4. The molecule has 22 heavy (non-hydrogen) atoms. The Kier molecular flexibility index (Phi) is 3.75. The lowest BCUT2D eigenvalue weighted by Crippen LogP contribution is -2.05. The van der Waals surface area contributed by atoms with Gasteiger partial charge in [-0.15, -0.1) is 0 Å². The summed E-state index contributed by atoms with van der Waals surface area (Å²) in [5.74, 6) is -0.00258. The monoisotopic (exact) mass is 410 g/mol. The van der Waals surface area contributed by atoms with Crippen molar-refractivity contribution in [2.75, 3.05) is 0 Å². The molecule has 0 aliphatic carbocycles. The molecule has 0 bridgehead atoms. The maximum atomic E-state index is 11.8. The lowest BCUT2D eigenvalue weighted by atomic mass is 10.2. The van der Waals surface area contributed by atoms with E-state index >= 15 is 0 Å². The highest BCUT2D eigenvalue weighted by Crippen LogP contribution is 2.21. The van der Waals surface area contributed by atoms with Gasteiger partial charge in [-0.3, -0.25) is 10.1 Å². The van der Waals surface area contributed by atoms with E-state index in [0.29, 0.717) is 15.1 Å². The summed E-state index contributed by atoms with van der Waals surface area (Å²) in [7, 11) is 0. The van der Waals surface area contributed by atoms with Gasteiger partial charge in [-0.05, 0) is 46.9 Å². The van der Waals surface area contributed by atoms with Crippen LogP contribution in [0.3, 0.4) is 0 Å². The van der Waals surface area contributed by atoms with E-state index in [-0.39, 0.29) is 17.3 Å². The SMILES string of the molecule is O=C1OC(c2ccc([N+](=O)[O-])cc2)=NC1=Cc1ccc(I)o1. The van der Waals surface area contributed by atoms with Gasteiger partial charge in [-0.1, -0.05) is 0 Å². The number of nitro groups is 1. The lowest BCUT2D eigenvalue weighted by Gasteiger charge is -1.98. The number of rotatable bonds is 3. The van der Waals surface area contributed by atoms with E-state index in [2.05, 4.69) is 4.99 Å². The molecule has 0 saturated heterocycles. The van der Waals surface area contributed by atoms with Gasteiger partial charge in [0, 0.05) is 23.8 Å². The fraction of sp³-hybridized carbons (Fsp3) is 0. The summed E-state index contributed by atoms with van der Waals surface area (Å²) in [5.41, 5.74) is 0.546. The molecule has 0 atom stereocenters. The first-order valence-corrected chi connectivity index (χ1v) is 7.13. The zero-order chi connectivity index (χ0) is 15.7. The van der Waals surface area contributed by atoms with Crippen LogP contribution in [-0.4, -0.2) is 16.8 Å². The van der Waals surface area contributed by atoms with Crippen LogP contribution in [-0.2, 0) is 9.53 Å². The number of nitro benzene ring substituents is 1. The van der Waals surface area contributed by atoms with Crippen LogP contribution in [0.25, 0.3) is 6.08 Å². The van der Waals surface area contributed by atoms with Gasteiger partial charge in [0.25, 0.3) is 5.69 Å². The van der Waals surface area contributed by atoms with Gasteiger partial charge in [0.2, 0.25) is 5.90 Å². The molecule has 1 aromatic carbocycles. The van der Waals surface area contributed by atoms with Gasteiger partial charge in [0.15, 0.2) is 9.46 Å². The molecule has 0 N–H and O–H groups in total.